The maximum absolute atomic E-state index is 13.1. The van der Waals surface area contributed by atoms with E-state index < -0.39 is 0 Å². The van der Waals surface area contributed by atoms with Crippen molar-refractivity contribution in [2.45, 2.75) is 45.1 Å². The molecule has 0 aromatic heterocycles. The Hall–Kier alpha value is -1.59. The van der Waals surface area contributed by atoms with Crippen molar-refractivity contribution in [1.82, 2.24) is 4.90 Å². The van der Waals surface area contributed by atoms with E-state index in [4.69, 9.17) is 28.6 Å². The molecule has 1 aliphatic heterocycles. The number of likely N-dealkylation sites (tertiary alicyclic amines) is 1. The first kappa shape index (κ1) is 20.2. The highest BCUT2D eigenvalue weighted by atomic mass is 35.5. The van der Waals surface area contributed by atoms with Crippen LogP contribution in [0.2, 0.25) is 5.02 Å². The molecule has 0 spiro atoms. The number of Topliss-reactive ketones (excluding diaryl/α,β-unsaturated/α-hetero) is 1. The quantitative estimate of drug-likeness (QED) is 0.735. The van der Waals surface area contributed by atoms with Crippen molar-refractivity contribution in [2.75, 3.05) is 18.9 Å². The molecule has 27 heavy (non-hydrogen) atoms. The normalized spacial score (nSPS) is 25.1. The van der Waals surface area contributed by atoms with Gasteiger partial charge in [-0.1, -0.05) is 23.2 Å². The number of carbonyl (C=O) groups is 2. The van der Waals surface area contributed by atoms with E-state index in [0.717, 1.165) is 19.3 Å². The smallest absolute Gasteiger partial charge is 0.227 e. The van der Waals surface area contributed by atoms with Gasteiger partial charge in [-0.25, -0.2) is 0 Å². The molecule has 0 radical (unpaired) electrons. The average Bonchev–Trinajstić information content (AvgIpc) is 2.63. The van der Waals surface area contributed by atoms with Gasteiger partial charge in [0.1, 0.15) is 11.0 Å². The fourth-order valence-electron chi connectivity index (χ4n) is 4.66. The lowest BCUT2D eigenvalue weighted by atomic mass is 9.70. The standard InChI is InChI=1S/C20H25Cl2N3O2/c1-11-12-4-3-5-17(26)13(12)8-9-25(11)18(27)10-14-15(21)6-7-16(24-2)19(14)20(22)23/h6-7,11-13,23-24H,3-5,8-10H2,1-2H3/t11-,12+,13+/m0/s1. The molecule has 2 aliphatic rings. The summed E-state index contributed by atoms with van der Waals surface area (Å²) in [5, 5.41) is 11.2. The second-order valence-electron chi connectivity index (χ2n) is 7.43. The number of fused-ring (bicyclic) bond motifs is 1. The first-order chi connectivity index (χ1) is 12.8. The average molecular weight is 410 g/mol. The number of nitrogens with zero attached hydrogens (tertiary/aromatic N) is 1. The number of piperidine rings is 1. The minimum atomic E-state index is -0.144. The summed E-state index contributed by atoms with van der Waals surface area (Å²) in [7, 11) is 1.74. The lowest BCUT2D eigenvalue weighted by molar-refractivity contribution is -0.142. The highest BCUT2D eigenvalue weighted by Gasteiger charge is 2.42. The third kappa shape index (κ3) is 3.85. The summed E-state index contributed by atoms with van der Waals surface area (Å²) in [6, 6.07) is 3.50. The number of carbonyl (C=O) groups excluding carboxylic acids is 2. The zero-order valence-corrected chi connectivity index (χ0v) is 17.2. The molecular formula is C20H25Cl2N3O2. The monoisotopic (exact) mass is 409 g/mol. The predicted octanol–water partition coefficient (Wildman–Crippen LogP) is 4.09. The molecule has 3 atom stereocenters. The molecule has 2 fully saturated rings. The first-order valence-electron chi connectivity index (χ1n) is 9.40. The Morgan fingerprint density at radius 3 is 2.78 bits per heavy atom. The summed E-state index contributed by atoms with van der Waals surface area (Å²) in [6.07, 6.45) is 3.41. The van der Waals surface area contributed by atoms with Crippen LogP contribution in [0.5, 0.6) is 0 Å². The zero-order chi connectivity index (χ0) is 19.7. The van der Waals surface area contributed by atoms with Crippen LogP contribution in [0.1, 0.15) is 43.7 Å². The summed E-state index contributed by atoms with van der Waals surface area (Å²) in [4.78, 5) is 27.2. The van der Waals surface area contributed by atoms with Crippen molar-refractivity contribution < 1.29 is 9.59 Å². The maximum Gasteiger partial charge on any atom is 0.227 e. The summed E-state index contributed by atoms with van der Waals surface area (Å²) in [5.41, 5.74) is 1.71. The molecule has 1 heterocycles. The van der Waals surface area contributed by atoms with Crippen LogP contribution in [0, 0.1) is 17.2 Å². The minimum absolute atomic E-state index is 0.0330. The molecule has 0 unspecified atom stereocenters. The highest BCUT2D eigenvalue weighted by molar-refractivity contribution is 6.69. The third-order valence-electron chi connectivity index (χ3n) is 6.08. The van der Waals surface area contributed by atoms with Gasteiger partial charge in [0.15, 0.2) is 0 Å². The van der Waals surface area contributed by atoms with Gasteiger partial charge in [0.05, 0.1) is 6.42 Å². The molecule has 3 rings (SSSR count). The van der Waals surface area contributed by atoms with Crippen molar-refractivity contribution in [3.63, 3.8) is 0 Å². The predicted molar refractivity (Wildman–Crippen MR) is 109 cm³/mol. The van der Waals surface area contributed by atoms with Crippen molar-refractivity contribution in [3.8, 4) is 0 Å². The highest BCUT2D eigenvalue weighted by Crippen LogP contribution is 2.38. The van der Waals surface area contributed by atoms with Crippen molar-refractivity contribution >= 4 is 45.8 Å². The van der Waals surface area contributed by atoms with E-state index in [1.807, 2.05) is 11.8 Å². The number of amides is 1. The molecule has 1 saturated carbocycles. The van der Waals surface area contributed by atoms with E-state index >= 15 is 0 Å². The van der Waals surface area contributed by atoms with Gasteiger partial charge < -0.3 is 10.2 Å². The number of ketones is 1. The van der Waals surface area contributed by atoms with Crippen LogP contribution in [-0.4, -0.2) is 41.4 Å². The topological polar surface area (TPSA) is 73.3 Å². The van der Waals surface area contributed by atoms with Gasteiger partial charge in [-0.15, -0.1) is 0 Å². The van der Waals surface area contributed by atoms with Gasteiger partial charge >= 0.3 is 0 Å². The molecule has 1 amide bonds. The zero-order valence-electron chi connectivity index (χ0n) is 15.6. The Kier molecular flexibility index (Phi) is 6.11. The number of benzene rings is 1. The number of hydrogen-bond donors (Lipinski definition) is 2. The Morgan fingerprint density at radius 1 is 1.37 bits per heavy atom. The van der Waals surface area contributed by atoms with E-state index in [2.05, 4.69) is 5.32 Å². The number of hydrogen-bond acceptors (Lipinski definition) is 4. The van der Waals surface area contributed by atoms with Gasteiger partial charge in [0.25, 0.3) is 0 Å². The van der Waals surface area contributed by atoms with Crippen LogP contribution in [-0.2, 0) is 16.0 Å². The molecule has 2 N–H and O–H groups in total. The fourth-order valence-corrected chi connectivity index (χ4v) is 5.10. The van der Waals surface area contributed by atoms with Crippen LogP contribution >= 0.6 is 23.2 Å². The lowest BCUT2D eigenvalue weighted by Gasteiger charge is -2.45. The molecule has 7 heteroatoms. The third-order valence-corrected chi connectivity index (χ3v) is 6.62. The van der Waals surface area contributed by atoms with E-state index in [1.54, 1.807) is 19.2 Å². The Morgan fingerprint density at radius 2 is 2.11 bits per heavy atom. The summed E-state index contributed by atoms with van der Waals surface area (Å²) in [6.45, 7) is 2.63. The van der Waals surface area contributed by atoms with Gasteiger partial charge in [-0.05, 0) is 49.8 Å². The van der Waals surface area contributed by atoms with Crippen LogP contribution < -0.4 is 5.32 Å². The molecule has 1 aromatic carbocycles. The summed E-state index contributed by atoms with van der Waals surface area (Å²) in [5.74, 6) is 0.663. The number of rotatable bonds is 4. The second-order valence-corrected chi connectivity index (χ2v) is 8.22. The van der Waals surface area contributed by atoms with Crippen LogP contribution in [0.4, 0.5) is 5.69 Å². The lowest BCUT2D eigenvalue weighted by Crippen LogP contribution is -2.53. The second kappa shape index (κ2) is 8.19. The van der Waals surface area contributed by atoms with Crippen molar-refractivity contribution in [2.24, 2.45) is 11.8 Å². The minimum Gasteiger partial charge on any atom is -0.388 e. The molecular weight excluding hydrogens is 385 g/mol. The van der Waals surface area contributed by atoms with E-state index in [0.29, 0.717) is 40.6 Å². The molecule has 1 aromatic rings. The fraction of sp³-hybridized carbons (Fsp3) is 0.550. The first-order valence-corrected chi connectivity index (χ1v) is 10.2. The molecule has 1 aliphatic carbocycles. The van der Waals surface area contributed by atoms with Crippen molar-refractivity contribution in [3.05, 3.63) is 28.3 Å². The molecule has 0 bridgehead atoms. The van der Waals surface area contributed by atoms with Gasteiger partial charge in [0.2, 0.25) is 5.91 Å². The largest absolute Gasteiger partial charge is 0.388 e. The van der Waals surface area contributed by atoms with Crippen LogP contribution in [0.3, 0.4) is 0 Å². The Bertz CT molecular complexity index is 781. The van der Waals surface area contributed by atoms with Gasteiger partial charge in [0, 0.05) is 48.2 Å². The summed E-state index contributed by atoms with van der Waals surface area (Å²) < 4.78 is 0. The number of anilines is 1. The van der Waals surface area contributed by atoms with E-state index in [1.165, 1.54) is 0 Å². The molecule has 146 valence electrons. The Balaban J connectivity index is 1.84. The van der Waals surface area contributed by atoms with E-state index in [-0.39, 0.29) is 35.4 Å². The SMILES string of the molecule is CNc1ccc(Cl)c(CC(=O)N2CC[C@H]3C(=O)CCC[C@@H]3[C@@H]2C)c1C(=N)Cl. The molecule has 1 saturated heterocycles. The molecule has 5 nitrogen and oxygen atoms in total. The van der Waals surface area contributed by atoms with Crippen LogP contribution in [0.25, 0.3) is 0 Å². The maximum atomic E-state index is 13.1. The Labute approximate surface area is 169 Å². The van der Waals surface area contributed by atoms with Crippen molar-refractivity contribution in [1.29, 1.82) is 5.41 Å². The van der Waals surface area contributed by atoms with Gasteiger partial charge in [-0.2, -0.15) is 0 Å². The van der Waals surface area contributed by atoms with E-state index in [9.17, 15) is 9.59 Å². The number of halogens is 2. The van der Waals surface area contributed by atoms with Crippen LogP contribution in [0.15, 0.2) is 12.1 Å². The number of nitrogens with one attached hydrogen (secondary N) is 2. The van der Waals surface area contributed by atoms with Gasteiger partial charge in [-0.3, -0.25) is 15.0 Å². The summed E-state index contributed by atoms with van der Waals surface area (Å²) >= 11 is 12.3.